The van der Waals surface area contributed by atoms with Gasteiger partial charge in [-0.05, 0) is 36.5 Å². The summed E-state index contributed by atoms with van der Waals surface area (Å²) < 4.78 is 13.3. The minimum Gasteiger partial charge on any atom is -0.394 e. The van der Waals surface area contributed by atoms with Gasteiger partial charge in [0.15, 0.2) is 0 Å². The molecule has 1 fully saturated rings. The summed E-state index contributed by atoms with van der Waals surface area (Å²) in [6.45, 7) is 3.09. The fourth-order valence-corrected chi connectivity index (χ4v) is 3.98. The molecule has 3 heterocycles. The number of rotatable bonds is 7. The largest absolute Gasteiger partial charge is 0.394 e. The van der Waals surface area contributed by atoms with Crippen molar-refractivity contribution in [1.82, 2.24) is 19.9 Å². The maximum atomic E-state index is 13.3. The molecule has 1 aliphatic heterocycles. The third kappa shape index (κ3) is 5.74. The number of aliphatic hydroxyl groups is 1. The SMILES string of the molecule is C[C@H](Cc1nc(Cc2cnccn2)cc(N2CCC[C@@H]2CO)n1)c1ccc(F)cc1.Cl. The van der Waals surface area contributed by atoms with Crippen LogP contribution in [0.4, 0.5) is 10.2 Å². The van der Waals surface area contributed by atoms with E-state index in [4.69, 9.17) is 9.97 Å². The Hall–Kier alpha value is -2.64. The van der Waals surface area contributed by atoms with E-state index >= 15 is 0 Å². The molecule has 31 heavy (non-hydrogen) atoms. The summed E-state index contributed by atoms with van der Waals surface area (Å²) in [5.74, 6) is 1.51. The molecule has 0 amide bonds. The molecule has 0 unspecified atom stereocenters. The lowest BCUT2D eigenvalue weighted by molar-refractivity contribution is 0.266. The third-order valence-electron chi connectivity index (χ3n) is 5.60. The summed E-state index contributed by atoms with van der Waals surface area (Å²) >= 11 is 0. The molecule has 0 aliphatic carbocycles. The number of halogens is 2. The van der Waals surface area contributed by atoms with Gasteiger partial charge >= 0.3 is 0 Å². The predicted octanol–water partition coefficient (Wildman–Crippen LogP) is 3.73. The molecule has 0 saturated carbocycles. The van der Waals surface area contributed by atoms with Gasteiger partial charge in [0.25, 0.3) is 0 Å². The zero-order valence-electron chi connectivity index (χ0n) is 17.5. The first-order valence-corrected chi connectivity index (χ1v) is 10.4. The van der Waals surface area contributed by atoms with E-state index in [0.717, 1.165) is 48.0 Å². The highest BCUT2D eigenvalue weighted by Gasteiger charge is 2.26. The van der Waals surface area contributed by atoms with Gasteiger partial charge in [-0.25, -0.2) is 14.4 Å². The van der Waals surface area contributed by atoms with Crippen LogP contribution in [0.5, 0.6) is 0 Å². The number of aliphatic hydroxyl groups excluding tert-OH is 1. The lowest BCUT2D eigenvalue weighted by Crippen LogP contribution is -2.33. The molecule has 164 valence electrons. The van der Waals surface area contributed by atoms with Crippen molar-refractivity contribution in [3.63, 3.8) is 0 Å². The summed E-state index contributed by atoms with van der Waals surface area (Å²) in [4.78, 5) is 20.3. The average Bonchev–Trinajstić information content (AvgIpc) is 3.24. The Morgan fingerprint density at radius 2 is 1.97 bits per heavy atom. The fourth-order valence-electron chi connectivity index (χ4n) is 3.98. The summed E-state index contributed by atoms with van der Waals surface area (Å²) in [5, 5.41) is 9.75. The maximum Gasteiger partial charge on any atom is 0.132 e. The molecule has 1 N–H and O–H groups in total. The Morgan fingerprint density at radius 3 is 2.68 bits per heavy atom. The van der Waals surface area contributed by atoms with Gasteiger partial charge in [0, 0.05) is 44.0 Å². The Bertz CT molecular complexity index is 973. The molecule has 1 aliphatic rings. The van der Waals surface area contributed by atoms with Crippen molar-refractivity contribution >= 4 is 18.2 Å². The lowest BCUT2D eigenvalue weighted by atomic mass is 9.97. The molecular weight excluding hydrogens is 417 g/mol. The zero-order valence-corrected chi connectivity index (χ0v) is 18.3. The van der Waals surface area contributed by atoms with Gasteiger partial charge in [-0.3, -0.25) is 9.97 Å². The molecule has 6 nitrogen and oxygen atoms in total. The van der Waals surface area contributed by atoms with E-state index in [1.165, 1.54) is 12.1 Å². The second-order valence-corrected chi connectivity index (χ2v) is 7.84. The number of hydrogen-bond donors (Lipinski definition) is 1. The van der Waals surface area contributed by atoms with Crippen molar-refractivity contribution < 1.29 is 9.50 Å². The number of hydrogen-bond acceptors (Lipinski definition) is 6. The summed E-state index contributed by atoms with van der Waals surface area (Å²) in [6, 6.07) is 8.68. The van der Waals surface area contributed by atoms with Crippen LogP contribution in [0.3, 0.4) is 0 Å². The molecule has 0 spiro atoms. The molecule has 3 aromatic rings. The highest BCUT2D eigenvalue weighted by Crippen LogP contribution is 2.26. The molecule has 2 atom stereocenters. The van der Waals surface area contributed by atoms with Crippen LogP contribution < -0.4 is 4.90 Å². The van der Waals surface area contributed by atoms with Gasteiger partial charge in [-0.15, -0.1) is 12.4 Å². The molecule has 4 rings (SSSR count). The molecule has 8 heteroatoms. The fraction of sp³-hybridized carbons (Fsp3) is 0.391. The first-order chi connectivity index (χ1) is 14.6. The smallest absolute Gasteiger partial charge is 0.132 e. The quantitative estimate of drug-likeness (QED) is 0.599. The standard InChI is InChI=1S/C23H26FN5O.ClH/c1-16(17-4-6-18(24)7-5-17)11-22-27-19(12-20-14-25-8-9-26-20)13-23(28-22)29-10-2-3-21(29)15-30;/h4-9,13-14,16,21,30H,2-3,10-12,15H2,1H3;1H/t16-,21-;/m1./s1. The molecule has 0 radical (unpaired) electrons. The predicted molar refractivity (Wildman–Crippen MR) is 120 cm³/mol. The average molecular weight is 444 g/mol. The number of aromatic nitrogens is 4. The van der Waals surface area contributed by atoms with Crippen LogP contribution >= 0.6 is 12.4 Å². The van der Waals surface area contributed by atoms with E-state index in [1.54, 1.807) is 18.6 Å². The van der Waals surface area contributed by atoms with Crippen molar-refractivity contribution in [3.8, 4) is 0 Å². The van der Waals surface area contributed by atoms with Gasteiger partial charge in [-0.2, -0.15) is 0 Å². The number of anilines is 1. The molecule has 1 aromatic carbocycles. The Labute approximate surface area is 188 Å². The van der Waals surface area contributed by atoms with Gasteiger partial charge in [0.2, 0.25) is 0 Å². The third-order valence-corrected chi connectivity index (χ3v) is 5.60. The molecular formula is C23H27ClFN5O. The van der Waals surface area contributed by atoms with Crippen molar-refractivity contribution in [3.05, 3.63) is 77.5 Å². The monoisotopic (exact) mass is 443 g/mol. The van der Waals surface area contributed by atoms with Gasteiger partial charge in [0.1, 0.15) is 17.5 Å². The highest BCUT2D eigenvalue weighted by atomic mass is 35.5. The number of nitrogens with zero attached hydrogens (tertiary/aromatic N) is 5. The van der Waals surface area contributed by atoms with E-state index in [9.17, 15) is 9.50 Å². The summed E-state index contributed by atoms with van der Waals surface area (Å²) in [6.07, 6.45) is 8.29. The van der Waals surface area contributed by atoms with Crippen LogP contribution in [0.15, 0.2) is 48.9 Å². The van der Waals surface area contributed by atoms with E-state index in [2.05, 4.69) is 21.8 Å². The second kappa shape index (κ2) is 10.6. The Balaban J connectivity index is 0.00000272. The Kier molecular flexibility index (Phi) is 7.87. The van der Waals surface area contributed by atoms with E-state index in [0.29, 0.717) is 12.8 Å². The summed E-state index contributed by atoms with van der Waals surface area (Å²) in [7, 11) is 0. The van der Waals surface area contributed by atoms with Crippen LogP contribution in [0.25, 0.3) is 0 Å². The first-order valence-electron chi connectivity index (χ1n) is 10.4. The van der Waals surface area contributed by atoms with Crippen LogP contribution in [0, 0.1) is 5.82 Å². The van der Waals surface area contributed by atoms with Crippen molar-refractivity contribution in [2.75, 3.05) is 18.1 Å². The van der Waals surface area contributed by atoms with Crippen LogP contribution in [0.1, 0.15) is 48.5 Å². The van der Waals surface area contributed by atoms with Crippen molar-refractivity contribution in [2.24, 2.45) is 0 Å². The summed E-state index contributed by atoms with van der Waals surface area (Å²) in [5.41, 5.74) is 2.78. The first kappa shape index (κ1) is 23.0. The van der Waals surface area contributed by atoms with Crippen LogP contribution in [0.2, 0.25) is 0 Å². The van der Waals surface area contributed by atoms with Gasteiger partial charge < -0.3 is 10.0 Å². The van der Waals surface area contributed by atoms with E-state index < -0.39 is 0 Å². The topological polar surface area (TPSA) is 75.0 Å². The Morgan fingerprint density at radius 1 is 1.16 bits per heavy atom. The van der Waals surface area contributed by atoms with Crippen LogP contribution in [-0.2, 0) is 12.8 Å². The molecule has 1 saturated heterocycles. The van der Waals surface area contributed by atoms with Crippen molar-refractivity contribution in [1.29, 1.82) is 0 Å². The maximum absolute atomic E-state index is 13.3. The molecule has 2 aromatic heterocycles. The molecule has 0 bridgehead atoms. The lowest BCUT2D eigenvalue weighted by Gasteiger charge is -2.25. The van der Waals surface area contributed by atoms with E-state index in [-0.39, 0.29) is 36.8 Å². The second-order valence-electron chi connectivity index (χ2n) is 7.84. The zero-order chi connectivity index (χ0) is 20.9. The van der Waals surface area contributed by atoms with Crippen molar-refractivity contribution in [2.45, 2.75) is 44.6 Å². The minimum absolute atomic E-state index is 0. The van der Waals surface area contributed by atoms with Crippen LogP contribution in [-0.4, -0.2) is 44.2 Å². The van der Waals surface area contributed by atoms with E-state index in [1.807, 2.05) is 18.2 Å². The number of benzene rings is 1. The highest BCUT2D eigenvalue weighted by molar-refractivity contribution is 5.85. The van der Waals surface area contributed by atoms with Gasteiger partial charge in [0.05, 0.1) is 24.0 Å². The van der Waals surface area contributed by atoms with Gasteiger partial charge in [-0.1, -0.05) is 19.1 Å². The normalized spacial score (nSPS) is 16.7. The minimum atomic E-state index is -0.237.